The van der Waals surface area contributed by atoms with E-state index in [4.69, 9.17) is 26.5 Å². The summed E-state index contributed by atoms with van der Waals surface area (Å²) < 4.78 is 31.7. The minimum absolute atomic E-state index is 0.316. The molecule has 16 heteroatoms. The van der Waals surface area contributed by atoms with E-state index < -0.39 is 30.6 Å². The van der Waals surface area contributed by atoms with E-state index in [1.54, 1.807) is 41.1 Å². The summed E-state index contributed by atoms with van der Waals surface area (Å²) in [6.07, 6.45) is 1.89. The molecule has 1 aliphatic rings. The third-order valence-electron chi connectivity index (χ3n) is 6.63. The van der Waals surface area contributed by atoms with Gasteiger partial charge in [-0.3, -0.25) is 24.3 Å². The Hall–Kier alpha value is -4.67. The van der Waals surface area contributed by atoms with Crippen LogP contribution in [0.4, 0.5) is 19.0 Å². The predicted molar refractivity (Wildman–Crippen MR) is 172 cm³/mol. The topological polar surface area (TPSA) is 190 Å². The van der Waals surface area contributed by atoms with Gasteiger partial charge in [-0.25, -0.2) is 9.78 Å². The average Bonchev–Trinajstić information content (AvgIpc) is 3.69. The Labute approximate surface area is 275 Å². The number of hydrogen-bond acceptors (Lipinski definition) is 9. The number of carboxylic acids is 2. The number of amides is 2. The number of carbonyl (C=O) groups is 4. The highest BCUT2D eigenvalue weighted by molar-refractivity contribution is 7.14. The Morgan fingerprint density at radius 3 is 2.30 bits per heavy atom. The molecule has 4 aromatic rings. The first-order chi connectivity index (χ1) is 22.3. The summed E-state index contributed by atoms with van der Waals surface area (Å²) >= 11 is 2.96. The van der Waals surface area contributed by atoms with E-state index in [9.17, 15) is 27.6 Å². The SMILES string of the molecule is CCc1nc(N(CC(=O)O)C(=O)c2cccc(CN)c2)cs1.NC(=O)c1sc2c(c1-c1ccccn1)CCCC2.O=C(O)C(F)(F)F. The molecule has 0 atom stereocenters. The molecule has 47 heavy (non-hydrogen) atoms. The fourth-order valence-corrected chi connectivity index (χ4v) is 6.47. The van der Waals surface area contributed by atoms with Crippen molar-refractivity contribution in [2.24, 2.45) is 11.5 Å². The van der Waals surface area contributed by atoms with Gasteiger partial charge in [0.2, 0.25) is 0 Å². The number of fused-ring (bicyclic) bond motifs is 1. The molecule has 0 saturated heterocycles. The fraction of sp³-hybridized carbons (Fsp3) is 0.290. The number of aromatic nitrogens is 2. The van der Waals surface area contributed by atoms with Crippen LogP contribution >= 0.6 is 22.7 Å². The minimum Gasteiger partial charge on any atom is -0.480 e. The van der Waals surface area contributed by atoms with Crippen LogP contribution in [-0.4, -0.2) is 56.7 Å². The highest BCUT2D eigenvalue weighted by atomic mass is 32.1. The second-order valence-electron chi connectivity index (χ2n) is 9.94. The number of aryl methyl sites for hydroxylation is 2. The van der Waals surface area contributed by atoms with Crippen LogP contribution in [0.25, 0.3) is 11.3 Å². The van der Waals surface area contributed by atoms with Crippen LogP contribution in [0.15, 0.2) is 54.0 Å². The van der Waals surface area contributed by atoms with Gasteiger partial charge in [0.1, 0.15) is 17.2 Å². The number of thiazole rings is 1. The van der Waals surface area contributed by atoms with Gasteiger partial charge in [0.15, 0.2) is 0 Å². The minimum atomic E-state index is -5.08. The van der Waals surface area contributed by atoms with Gasteiger partial charge < -0.3 is 21.7 Å². The molecule has 0 unspecified atom stereocenters. The van der Waals surface area contributed by atoms with E-state index in [2.05, 4.69) is 9.97 Å². The van der Waals surface area contributed by atoms with Crippen LogP contribution < -0.4 is 16.4 Å². The van der Waals surface area contributed by atoms with Gasteiger partial charge in [0, 0.05) is 34.1 Å². The van der Waals surface area contributed by atoms with Gasteiger partial charge >= 0.3 is 18.1 Å². The lowest BCUT2D eigenvalue weighted by Gasteiger charge is -2.18. The molecular weight excluding hydrogens is 659 g/mol. The van der Waals surface area contributed by atoms with Gasteiger partial charge in [-0.05, 0) is 67.5 Å². The number of anilines is 1. The highest BCUT2D eigenvalue weighted by Crippen LogP contribution is 2.39. The lowest BCUT2D eigenvalue weighted by molar-refractivity contribution is -0.192. The Bertz CT molecular complexity index is 1710. The first-order valence-electron chi connectivity index (χ1n) is 14.2. The smallest absolute Gasteiger partial charge is 0.480 e. The molecule has 11 nitrogen and oxygen atoms in total. The molecule has 5 rings (SSSR count). The van der Waals surface area contributed by atoms with Gasteiger partial charge in [0.05, 0.1) is 10.7 Å². The summed E-state index contributed by atoms with van der Waals surface area (Å²) in [4.78, 5) is 56.1. The number of benzene rings is 1. The third-order valence-corrected chi connectivity index (χ3v) is 8.91. The molecule has 0 spiro atoms. The lowest BCUT2D eigenvalue weighted by atomic mass is 9.93. The van der Waals surface area contributed by atoms with E-state index >= 15 is 0 Å². The second-order valence-corrected chi connectivity index (χ2v) is 12.0. The Kier molecular flexibility index (Phi) is 13.1. The van der Waals surface area contributed by atoms with Crippen LogP contribution in [0.1, 0.15) is 60.8 Å². The molecule has 0 bridgehead atoms. The Morgan fingerprint density at radius 2 is 1.74 bits per heavy atom. The highest BCUT2D eigenvalue weighted by Gasteiger charge is 2.38. The number of carboxylic acid groups (broad SMARTS) is 2. The molecule has 0 saturated carbocycles. The van der Waals surface area contributed by atoms with E-state index in [0.29, 0.717) is 22.8 Å². The summed E-state index contributed by atoms with van der Waals surface area (Å²) in [6.45, 7) is 1.84. The predicted octanol–water partition coefficient (Wildman–Crippen LogP) is 5.32. The van der Waals surface area contributed by atoms with Gasteiger partial charge in [-0.2, -0.15) is 13.2 Å². The summed E-state index contributed by atoms with van der Waals surface area (Å²) in [5.41, 5.74) is 15.4. The molecule has 1 aliphatic carbocycles. The molecular formula is C31H32F3N5O6S2. The van der Waals surface area contributed by atoms with Gasteiger partial charge in [-0.1, -0.05) is 25.1 Å². The number of nitrogens with two attached hydrogens (primary N) is 2. The van der Waals surface area contributed by atoms with Gasteiger partial charge in [0.25, 0.3) is 11.8 Å². The first kappa shape index (κ1) is 36.8. The molecule has 1 aromatic carbocycles. The maximum absolute atomic E-state index is 12.6. The van der Waals surface area contributed by atoms with Crippen molar-refractivity contribution in [1.82, 2.24) is 9.97 Å². The van der Waals surface area contributed by atoms with E-state index in [1.807, 2.05) is 31.2 Å². The number of rotatable bonds is 8. The fourth-order valence-electron chi connectivity index (χ4n) is 4.49. The molecule has 0 fully saturated rings. The number of alkyl halides is 3. The number of nitrogens with zero attached hydrogens (tertiary/aromatic N) is 3. The largest absolute Gasteiger partial charge is 0.490 e. The average molecular weight is 692 g/mol. The van der Waals surface area contributed by atoms with Crippen LogP contribution in [-0.2, 0) is 35.4 Å². The molecule has 3 aromatic heterocycles. The Balaban J connectivity index is 0.000000216. The number of primary amides is 1. The van der Waals surface area contributed by atoms with Crippen molar-refractivity contribution in [3.8, 4) is 11.3 Å². The van der Waals surface area contributed by atoms with Crippen LogP contribution in [0, 0.1) is 0 Å². The zero-order chi connectivity index (χ0) is 34.7. The second kappa shape index (κ2) is 16.8. The summed E-state index contributed by atoms with van der Waals surface area (Å²) in [5, 5.41) is 18.7. The quantitative estimate of drug-likeness (QED) is 0.190. The van der Waals surface area contributed by atoms with Crippen molar-refractivity contribution in [1.29, 1.82) is 0 Å². The molecule has 3 heterocycles. The van der Waals surface area contributed by atoms with E-state index in [-0.39, 0.29) is 5.91 Å². The zero-order valence-electron chi connectivity index (χ0n) is 25.1. The molecule has 0 radical (unpaired) electrons. The van der Waals surface area contributed by atoms with E-state index in [0.717, 1.165) is 41.1 Å². The summed E-state index contributed by atoms with van der Waals surface area (Å²) in [7, 11) is 0. The number of aliphatic carboxylic acids is 2. The number of carbonyl (C=O) groups excluding carboxylic acids is 2. The Morgan fingerprint density at radius 1 is 1.04 bits per heavy atom. The van der Waals surface area contributed by atoms with Crippen molar-refractivity contribution in [3.63, 3.8) is 0 Å². The zero-order valence-corrected chi connectivity index (χ0v) is 26.8. The standard InChI is InChI=1S/C15H17N3O3S.C14H14N2OS.C2HF3O2/c1-2-13-17-12(9-22-13)18(8-14(19)20)15(21)11-5-3-4-10(6-11)7-16;15-14(17)13-12(10-6-3-4-8-16-10)9-5-1-2-7-11(9)18-13;3-2(4,5)1(6)7/h3-6,9H,2,7-8,16H2,1H3,(H,19,20);3-4,6,8H,1-2,5,7H2,(H2,15,17);(H,6,7). The van der Waals surface area contributed by atoms with Crippen LogP contribution in [0.3, 0.4) is 0 Å². The van der Waals surface area contributed by atoms with Crippen LogP contribution in [0.2, 0.25) is 0 Å². The normalized spacial score (nSPS) is 12.0. The monoisotopic (exact) mass is 691 g/mol. The lowest BCUT2D eigenvalue weighted by Crippen LogP contribution is -2.36. The van der Waals surface area contributed by atoms with Crippen molar-refractivity contribution in [2.45, 2.75) is 51.7 Å². The third kappa shape index (κ3) is 10.2. The van der Waals surface area contributed by atoms with Gasteiger partial charge in [-0.15, -0.1) is 22.7 Å². The number of thiophene rings is 1. The number of pyridine rings is 1. The number of hydrogen-bond donors (Lipinski definition) is 4. The van der Waals surface area contributed by atoms with Crippen molar-refractivity contribution in [2.75, 3.05) is 11.4 Å². The van der Waals surface area contributed by atoms with Crippen molar-refractivity contribution in [3.05, 3.63) is 85.5 Å². The van der Waals surface area contributed by atoms with Crippen LogP contribution in [0.5, 0.6) is 0 Å². The summed E-state index contributed by atoms with van der Waals surface area (Å²) in [5.74, 6) is -4.21. The maximum atomic E-state index is 12.6. The maximum Gasteiger partial charge on any atom is 0.490 e. The van der Waals surface area contributed by atoms with E-state index in [1.165, 1.54) is 39.5 Å². The molecule has 0 aliphatic heterocycles. The summed E-state index contributed by atoms with van der Waals surface area (Å²) in [6, 6.07) is 12.6. The molecule has 2 amide bonds. The van der Waals surface area contributed by atoms with Crippen molar-refractivity contribution < 1.29 is 42.6 Å². The van der Waals surface area contributed by atoms with Crippen molar-refractivity contribution >= 4 is 52.2 Å². The number of halogens is 3. The first-order valence-corrected chi connectivity index (χ1v) is 15.9. The molecule has 6 N–H and O–H groups in total. The molecule has 250 valence electrons.